The van der Waals surface area contributed by atoms with Gasteiger partial charge in [0.15, 0.2) is 5.82 Å². The van der Waals surface area contributed by atoms with Crippen molar-refractivity contribution >= 4 is 27.5 Å². The predicted octanol–water partition coefficient (Wildman–Crippen LogP) is 3.39. The minimum Gasteiger partial charge on any atom is -0.478 e. The Morgan fingerprint density at radius 2 is 2.10 bits per heavy atom. The zero-order valence-electron chi connectivity index (χ0n) is 10.3. The zero-order chi connectivity index (χ0) is 15.0. The number of aromatic carboxylic acids is 1. The number of hydrogen-bond acceptors (Lipinski definition) is 5. The summed E-state index contributed by atoms with van der Waals surface area (Å²) < 4.78 is 26.7. The molecule has 21 heavy (non-hydrogen) atoms. The number of rotatable bonds is 3. The van der Waals surface area contributed by atoms with Gasteiger partial charge in [0.1, 0.15) is 11.3 Å². The summed E-state index contributed by atoms with van der Waals surface area (Å²) in [5.41, 5.74) is -0.138. The molecule has 3 aromatic rings. The van der Waals surface area contributed by atoms with Gasteiger partial charge in [0.05, 0.1) is 10.2 Å². The van der Waals surface area contributed by atoms with Gasteiger partial charge >= 0.3 is 5.97 Å². The summed E-state index contributed by atoms with van der Waals surface area (Å²) in [4.78, 5) is 22.6. The predicted molar refractivity (Wildman–Crippen MR) is 72.6 cm³/mol. The Labute approximate surface area is 120 Å². The molecule has 0 unspecified atom stereocenters. The summed E-state index contributed by atoms with van der Waals surface area (Å²) in [5.74, 6) is -1.46. The lowest BCUT2D eigenvalue weighted by Crippen LogP contribution is -2.08. The van der Waals surface area contributed by atoms with Crippen molar-refractivity contribution in [2.75, 3.05) is 0 Å². The van der Waals surface area contributed by atoms with Crippen LogP contribution in [0.5, 0.6) is 0 Å². The van der Waals surface area contributed by atoms with Crippen molar-refractivity contribution in [3.8, 4) is 11.4 Å². The molecule has 0 amide bonds. The van der Waals surface area contributed by atoms with Crippen molar-refractivity contribution in [2.45, 2.75) is 6.43 Å². The maximum atomic E-state index is 12.9. The average Bonchev–Trinajstić information content (AvgIpc) is 2.93. The van der Waals surface area contributed by atoms with Crippen LogP contribution >= 0.6 is 11.3 Å². The molecule has 0 atom stereocenters. The van der Waals surface area contributed by atoms with E-state index in [0.717, 1.165) is 16.4 Å². The van der Waals surface area contributed by atoms with Crippen LogP contribution in [-0.4, -0.2) is 26.0 Å². The van der Waals surface area contributed by atoms with Crippen LogP contribution in [0, 0.1) is 0 Å². The van der Waals surface area contributed by atoms with Crippen LogP contribution in [0.25, 0.3) is 21.6 Å². The molecule has 8 heteroatoms. The number of pyridine rings is 1. The lowest BCUT2D eigenvalue weighted by molar-refractivity contribution is 0.0681. The average molecular weight is 307 g/mol. The number of alkyl halides is 2. The van der Waals surface area contributed by atoms with E-state index in [9.17, 15) is 13.6 Å². The molecule has 0 saturated heterocycles. The van der Waals surface area contributed by atoms with Gasteiger partial charge in [0, 0.05) is 18.0 Å². The molecule has 3 rings (SSSR count). The topological polar surface area (TPSA) is 76.0 Å². The van der Waals surface area contributed by atoms with Crippen molar-refractivity contribution in [3.05, 3.63) is 41.2 Å². The molecule has 0 aliphatic heterocycles. The molecular weight excluding hydrogens is 300 g/mol. The number of thiophene rings is 1. The Hall–Kier alpha value is -2.48. The van der Waals surface area contributed by atoms with Crippen molar-refractivity contribution in [3.63, 3.8) is 0 Å². The lowest BCUT2D eigenvalue weighted by Gasteiger charge is -2.06. The third-order valence-electron chi connectivity index (χ3n) is 2.82. The van der Waals surface area contributed by atoms with Gasteiger partial charge < -0.3 is 5.11 Å². The highest BCUT2D eigenvalue weighted by atomic mass is 32.1. The Balaban J connectivity index is 2.13. The van der Waals surface area contributed by atoms with Crippen LogP contribution < -0.4 is 0 Å². The van der Waals surface area contributed by atoms with Gasteiger partial charge in [0.2, 0.25) is 0 Å². The number of fused-ring (bicyclic) bond motifs is 1. The fourth-order valence-electron chi connectivity index (χ4n) is 1.83. The molecule has 0 bridgehead atoms. The molecule has 0 saturated carbocycles. The molecule has 3 heterocycles. The number of carboxylic acid groups (broad SMARTS) is 1. The van der Waals surface area contributed by atoms with Crippen molar-refractivity contribution in [2.24, 2.45) is 0 Å². The minimum absolute atomic E-state index is 0.0260. The maximum absolute atomic E-state index is 12.9. The van der Waals surface area contributed by atoms with Crippen LogP contribution in [0.15, 0.2) is 29.9 Å². The fourth-order valence-corrected chi connectivity index (χ4v) is 2.61. The summed E-state index contributed by atoms with van der Waals surface area (Å²) in [5, 5.41) is 10.7. The highest BCUT2D eigenvalue weighted by Crippen LogP contribution is 2.26. The Bertz CT molecular complexity index is 835. The van der Waals surface area contributed by atoms with Gasteiger partial charge in [-0.05, 0) is 17.5 Å². The summed E-state index contributed by atoms with van der Waals surface area (Å²) in [6, 6.07) is 3.57. The second-order valence-electron chi connectivity index (χ2n) is 4.13. The van der Waals surface area contributed by atoms with Gasteiger partial charge in [-0.2, -0.15) is 0 Å². The van der Waals surface area contributed by atoms with E-state index >= 15 is 0 Å². The SMILES string of the molecule is O=C(O)c1cnc(-c2cnc3ccsc3c2)nc1C(F)F. The van der Waals surface area contributed by atoms with Gasteiger partial charge in [0.25, 0.3) is 6.43 Å². The molecule has 106 valence electrons. The first-order valence-corrected chi connectivity index (χ1v) is 6.66. The number of nitrogens with zero attached hydrogens (tertiary/aromatic N) is 3. The Morgan fingerprint density at radius 1 is 1.29 bits per heavy atom. The fraction of sp³-hybridized carbons (Fsp3) is 0.0769. The summed E-state index contributed by atoms with van der Waals surface area (Å²) >= 11 is 1.45. The van der Waals surface area contributed by atoms with Crippen LogP contribution in [-0.2, 0) is 0 Å². The third kappa shape index (κ3) is 2.45. The lowest BCUT2D eigenvalue weighted by atomic mass is 10.2. The Morgan fingerprint density at radius 3 is 2.81 bits per heavy atom. The van der Waals surface area contributed by atoms with Crippen LogP contribution in [0.3, 0.4) is 0 Å². The third-order valence-corrected chi connectivity index (χ3v) is 3.67. The number of carboxylic acids is 1. The van der Waals surface area contributed by atoms with Crippen LogP contribution in [0.2, 0.25) is 0 Å². The van der Waals surface area contributed by atoms with Gasteiger partial charge in [-0.1, -0.05) is 0 Å². The first kappa shape index (κ1) is 13.5. The monoisotopic (exact) mass is 307 g/mol. The molecule has 0 aromatic carbocycles. The highest BCUT2D eigenvalue weighted by Gasteiger charge is 2.21. The van der Waals surface area contributed by atoms with E-state index in [1.165, 1.54) is 17.5 Å². The van der Waals surface area contributed by atoms with Crippen molar-refractivity contribution in [1.29, 1.82) is 0 Å². The van der Waals surface area contributed by atoms with Gasteiger partial charge in [-0.25, -0.2) is 23.5 Å². The number of hydrogen-bond donors (Lipinski definition) is 1. The van der Waals surface area contributed by atoms with Gasteiger partial charge in [-0.15, -0.1) is 11.3 Å². The molecule has 3 aromatic heterocycles. The van der Waals surface area contributed by atoms with E-state index in [1.54, 1.807) is 6.07 Å². The van der Waals surface area contributed by atoms with Crippen molar-refractivity contribution < 1.29 is 18.7 Å². The second-order valence-corrected chi connectivity index (χ2v) is 5.07. The van der Waals surface area contributed by atoms with E-state index in [-0.39, 0.29) is 5.82 Å². The molecular formula is C13H7F2N3O2S. The van der Waals surface area contributed by atoms with Crippen LogP contribution in [0.4, 0.5) is 8.78 Å². The largest absolute Gasteiger partial charge is 0.478 e. The standard InChI is InChI=1S/C13H7F2N3O2S/c14-11(15)10-7(13(19)20)5-17-12(18-10)6-3-9-8(16-4-6)1-2-21-9/h1-5,11H,(H,19,20). The molecule has 5 nitrogen and oxygen atoms in total. The first-order chi connectivity index (χ1) is 10.1. The number of aromatic nitrogens is 3. The first-order valence-electron chi connectivity index (χ1n) is 5.78. The van der Waals surface area contributed by atoms with E-state index in [1.807, 2.05) is 11.4 Å². The van der Waals surface area contributed by atoms with E-state index in [0.29, 0.717) is 5.56 Å². The normalized spacial score (nSPS) is 11.2. The molecule has 0 fully saturated rings. The quantitative estimate of drug-likeness (QED) is 0.802. The smallest absolute Gasteiger partial charge is 0.339 e. The summed E-state index contributed by atoms with van der Waals surface area (Å²) in [6.45, 7) is 0. The Kier molecular flexibility index (Phi) is 3.30. The number of carbonyl (C=O) groups is 1. The summed E-state index contributed by atoms with van der Waals surface area (Å²) in [6.07, 6.45) is -0.624. The molecule has 0 aliphatic carbocycles. The van der Waals surface area contributed by atoms with Gasteiger partial charge in [-0.3, -0.25) is 4.98 Å². The van der Waals surface area contributed by atoms with E-state index < -0.39 is 23.7 Å². The molecule has 0 radical (unpaired) electrons. The summed E-state index contributed by atoms with van der Waals surface area (Å²) in [7, 11) is 0. The highest BCUT2D eigenvalue weighted by molar-refractivity contribution is 7.17. The molecule has 0 spiro atoms. The van der Waals surface area contributed by atoms with Crippen molar-refractivity contribution in [1.82, 2.24) is 15.0 Å². The second kappa shape index (κ2) is 5.13. The molecule has 1 N–H and O–H groups in total. The number of halogens is 2. The van der Waals surface area contributed by atoms with Crippen LogP contribution in [0.1, 0.15) is 22.5 Å². The molecule has 0 aliphatic rings. The maximum Gasteiger partial charge on any atom is 0.339 e. The van der Waals surface area contributed by atoms with E-state index in [2.05, 4.69) is 15.0 Å². The van der Waals surface area contributed by atoms with E-state index in [4.69, 9.17) is 5.11 Å². The minimum atomic E-state index is -2.99. The zero-order valence-corrected chi connectivity index (χ0v) is 11.1.